The number of rotatable bonds is 4. The average Bonchev–Trinajstić information content (AvgIpc) is 2.39. The lowest BCUT2D eigenvalue weighted by Crippen LogP contribution is -2.23. The maximum Gasteiger partial charge on any atom is 0.161 e. The molecule has 1 atom stereocenters. The minimum atomic E-state index is -1.20. The minimum Gasteiger partial charge on any atom is -0.306 e. The Balaban J connectivity index is 2.55. The van der Waals surface area contributed by atoms with E-state index in [1.54, 1.807) is 12.1 Å². The van der Waals surface area contributed by atoms with Crippen molar-refractivity contribution in [2.45, 2.75) is 19.9 Å². The van der Waals surface area contributed by atoms with Crippen molar-refractivity contribution in [3.8, 4) is 0 Å². The van der Waals surface area contributed by atoms with Crippen LogP contribution in [-0.4, -0.2) is 6.54 Å². The summed E-state index contributed by atoms with van der Waals surface area (Å²) in [6, 6.07) is 6.14. The number of halogens is 4. The zero-order valence-corrected chi connectivity index (χ0v) is 12.4. The van der Waals surface area contributed by atoms with Crippen molar-refractivity contribution in [3.63, 3.8) is 0 Å². The molecule has 112 valence electrons. The van der Waals surface area contributed by atoms with Crippen LogP contribution in [0.5, 0.6) is 0 Å². The Morgan fingerprint density at radius 1 is 1.00 bits per heavy atom. The molecule has 1 nitrogen and oxygen atoms in total. The highest BCUT2D eigenvalue weighted by atomic mass is 35.5. The van der Waals surface area contributed by atoms with E-state index in [9.17, 15) is 13.2 Å². The van der Waals surface area contributed by atoms with E-state index in [1.165, 1.54) is 0 Å². The third-order valence-corrected chi connectivity index (χ3v) is 3.37. The normalized spacial score (nSPS) is 12.5. The van der Waals surface area contributed by atoms with Crippen LogP contribution in [0, 0.1) is 24.4 Å². The standard InChI is InChI=1S/C16H15ClF3N/c1-3-21-16(10-4-9(2)5-11(17)6-10)12-7-14(19)15(20)8-13(12)18/h4-8,16,21H,3H2,1-2H3. The molecule has 2 aromatic rings. The number of hydrogen-bond acceptors (Lipinski definition) is 1. The van der Waals surface area contributed by atoms with Crippen LogP contribution in [0.1, 0.15) is 29.7 Å². The first-order chi connectivity index (χ1) is 9.92. The van der Waals surface area contributed by atoms with Crippen LogP contribution < -0.4 is 5.32 Å². The van der Waals surface area contributed by atoms with E-state index in [1.807, 2.05) is 19.9 Å². The van der Waals surface area contributed by atoms with E-state index >= 15 is 0 Å². The predicted octanol–water partition coefficient (Wildman–Crippen LogP) is 4.76. The Morgan fingerprint density at radius 3 is 2.29 bits per heavy atom. The van der Waals surface area contributed by atoms with Crippen molar-refractivity contribution in [1.29, 1.82) is 0 Å². The summed E-state index contributed by atoms with van der Waals surface area (Å²) in [5.41, 5.74) is 1.66. The molecule has 0 aliphatic carbocycles. The van der Waals surface area contributed by atoms with Crippen LogP contribution in [0.15, 0.2) is 30.3 Å². The average molecular weight is 314 g/mol. The third kappa shape index (κ3) is 3.57. The number of aryl methyl sites for hydroxylation is 1. The van der Waals surface area contributed by atoms with Crippen LogP contribution in [0.4, 0.5) is 13.2 Å². The molecule has 2 rings (SSSR count). The molecule has 0 amide bonds. The highest BCUT2D eigenvalue weighted by Crippen LogP contribution is 2.28. The number of hydrogen-bond donors (Lipinski definition) is 1. The van der Waals surface area contributed by atoms with Gasteiger partial charge in [-0.1, -0.05) is 24.6 Å². The molecule has 1 unspecified atom stereocenters. The summed E-state index contributed by atoms with van der Waals surface area (Å²) in [7, 11) is 0. The van der Waals surface area contributed by atoms with Gasteiger partial charge in [0.1, 0.15) is 5.82 Å². The van der Waals surface area contributed by atoms with E-state index < -0.39 is 23.5 Å². The maximum absolute atomic E-state index is 14.0. The van der Waals surface area contributed by atoms with Crippen LogP contribution in [0.25, 0.3) is 0 Å². The van der Waals surface area contributed by atoms with Gasteiger partial charge in [0.25, 0.3) is 0 Å². The number of nitrogens with one attached hydrogen (secondary N) is 1. The molecule has 0 aliphatic heterocycles. The maximum atomic E-state index is 14.0. The summed E-state index contributed by atoms with van der Waals surface area (Å²) in [4.78, 5) is 0. The molecule has 0 spiro atoms. The van der Waals surface area contributed by atoms with Gasteiger partial charge in [0.05, 0.1) is 6.04 Å². The summed E-state index contributed by atoms with van der Waals surface area (Å²) in [5.74, 6) is -3.07. The lowest BCUT2D eigenvalue weighted by molar-refractivity contribution is 0.481. The Labute approximate surface area is 126 Å². The van der Waals surface area contributed by atoms with Crippen LogP contribution in [0.2, 0.25) is 5.02 Å². The predicted molar refractivity (Wildman–Crippen MR) is 78.0 cm³/mol. The summed E-state index contributed by atoms with van der Waals surface area (Å²) >= 11 is 6.02. The fourth-order valence-corrected chi connectivity index (χ4v) is 2.60. The molecule has 2 aromatic carbocycles. The van der Waals surface area contributed by atoms with Gasteiger partial charge in [0, 0.05) is 16.7 Å². The zero-order valence-electron chi connectivity index (χ0n) is 11.7. The summed E-state index contributed by atoms with van der Waals surface area (Å²) < 4.78 is 40.5. The van der Waals surface area contributed by atoms with E-state index in [4.69, 9.17) is 11.6 Å². The Bertz CT molecular complexity index is 638. The van der Waals surface area contributed by atoms with Gasteiger partial charge in [-0.25, -0.2) is 13.2 Å². The zero-order chi connectivity index (χ0) is 15.6. The lowest BCUT2D eigenvalue weighted by atomic mass is 9.96. The summed E-state index contributed by atoms with van der Waals surface area (Å²) in [6.45, 7) is 4.25. The highest BCUT2D eigenvalue weighted by Gasteiger charge is 2.20. The lowest BCUT2D eigenvalue weighted by Gasteiger charge is -2.20. The van der Waals surface area contributed by atoms with E-state index in [0.29, 0.717) is 23.2 Å². The van der Waals surface area contributed by atoms with Gasteiger partial charge in [0.15, 0.2) is 11.6 Å². The third-order valence-electron chi connectivity index (χ3n) is 3.16. The van der Waals surface area contributed by atoms with Crippen molar-refractivity contribution in [2.24, 2.45) is 0 Å². The van der Waals surface area contributed by atoms with Crippen molar-refractivity contribution in [1.82, 2.24) is 5.32 Å². The molecule has 5 heteroatoms. The van der Waals surface area contributed by atoms with E-state index in [0.717, 1.165) is 11.6 Å². The number of benzene rings is 2. The molecule has 1 N–H and O–H groups in total. The van der Waals surface area contributed by atoms with Gasteiger partial charge in [-0.3, -0.25) is 0 Å². The SMILES string of the molecule is CCNC(c1cc(C)cc(Cl)c1)c1cc(F)c(F)cc1F. The van der Waals surface area contributed by atoms with Crippen molar-refractivity contribution in [2.75, 3.05) is 6.54 Å². The van der Waals surface area contributed by atoms with Gasteiger partial charge in [-0.2, -0.15) is 0 Å². The van der Waals surface area contributed by atoms with Crippen LogP contribution >= 0.6 is 11.6 Å². The molecule has 0 saturated heterocycles. The fraction of sp³-hybridized carbons (Fsp3) is 0.250. The molecule has 0 heterocycles. The second-order valence-corrected chi connectivity index (χ2v) is 5.28. The van der Waals surface area contributed by atoms with E-state index in [2.05, 4.69) is 5.32 Å². The van der Waals surface area contributed by atoms with Crippen molar-refractivity contribution in [3.05, 3.63) is 69.5 Å². The Morgan fingerprint density at radius 2 is 1.67 bits per heavy atom. The molecule has 0 radical (unpaired) electrons. The Kier molecular flexibility index (Phi) is 4.91. The molecule has 0 fully saturated rings. The van der Waals surface area contributed by atoms with Gasteiger partial charge >= 0.3 is 0 Å². The van der Waals surface area contributed by atoms with Gasteiger partial charge < -0.3 is 5.32 Å². The van der Waals surface area contributed by atoms with Gasteiger partial charge in [0.2, 0.25) is 0 Å². The molecule has 0 aromatic heterocycles. The quantitative estimate of drug-likeness (QED) is 0.802. The van der Waals surface area contributed by atoms with E-state index in [-0.39, 0.29) is 5.56 Å². The fourth-order valence-electron chi connectivity index (χ4n) is 2.30. The molecular weight excluding hydrogens is 299 g/mol. The first-order valence-electron chi connectivity index (χ1n) is 6.57. The minimum absolute atomic E-state index is 0.0532. The van der Waals surface area contributed by atoms with Crippen LogP contribution in [0.3, 0.4) is 0 Å². The summed E-state index contributed by atoms with van der Waals surface area (Å²) in [6.07, 6.45) is 0. The highest BCUT2D eigenvalue weighted by molar-refractivity contribution is 6.30. The second-order valence-electron chi connectivity index (χ2n) is 4.84. The van der Waals surface area contributed by atoms with Crippen molar-refractivity contribution >= 4 is 11.6 Å². The Hall–Kier alpha value is -1.52. The first kappa shape index (κ1) is 15.9. The second kappa shape index (κ2) is 6.50. The largest absolute Gasteiger partial charge is 0.306 e. The monoisotopic (exact) mass is 313 g/mol. The molecular formula is C16H15ClF3N. The molecule has 0 saturated carbocycles. The molecule has 21 heavy (non-hydrogen) atoms. The first-order valence-corrected chi connectivity index (χ1v) is 6.95. The van der Waals surface area contributed by atoms with Crippen LogP contribution in [-0.2, 0) is 0 Å². The van der Waals surface area contributed by atoms with Gasteiger partial charge in [-0.15, -0.1) is 0 Å². The smallest absolute Gasteiger partial charge is 0.161 e. The molecule has 0 bridgehead atoms. The van der Waals surface area contributed by atoms with Gasteiger partial charge in [-0.05, 0) is 42.8 Å². The summed E-state index contributed by atoms with van der Waals surface area (Å²) in [5, 5.41) is 3.58. The molecule has 0 aliphatic rings. The topological polar surface area (TPSA) is 12.0 Å². The van der Waals surface area contributed by atoms with Crippen molar-refractivity contribution < 1.29 is 13.2 Å².